The molecule has 1 aliphatic heterocycles. The predicted octanol–water partition coefficient (Wildman–Crippen LogP) is 3.01. The molecule has 3 rings (SSSR count). The summed E-state index contributed by atoms with van der Waals surface area (Å²) in [5, 5.41) is 30.9. The van der Waals surface area contributed by atoms with E-state index in [1.165, 1.54) is 0 Å². The molecule has 1 saturated heterocycles. The Labute approximate surface area is 164 Å². The molecule has 5 nitrogen and oxygen atoms in total. The number of benzene rings is 2. The number of rotatable bonds is 6. The Hall–Kier alpha value is -1.63. The van der Waals surface area contributed by atoms with Gasteiger partial charge in [-0.25, -0.2) is 0 Å². The topological polar surface area (TPSA) is 79.2 Å². The van der Waals surface area contributed by atoms with Gasteiger partial charge in [-0.05, 0) is 48.7 Å². The van der Waals surface area contributed by atoms with Crippen LogP contribution in [0.1, 0.15) is 36.5 Å². The fraction of sp³-hybridized carbons (Fsp3) is 0.429. The molecule has 1 fully saturated rings. The third-order valence-corrected chi connectivity index (χ3v) is 5.11. The monoisotopic (exact) mass is 392 g/mol. The van der Waals surface area contributed by atoms with Crippen molar-refractivity contribution in [1.29, 1.82) is 0 Å². The number of aliphatic hydroxyl groups is 3. The van der Waals surface area contributed by atoms with Crippen molar-refractivity contribution < 1.29 is 24.8 Å². The number of hydrogen-bond donors (Lipinski definition) is 3. The summed E-state index contributed by atoms with van der Waals surface area (Å²) in [6.07, 6.45) is -0.421. The predicted molar refractivity (Wildman–Crippen MR) is 103 cm³/mol. The van der Waals surface area contributed by atoms with Crippen molar-refractivity contribution in [2.45, 2.75) is 44.2 Å². The Morgan fingerprint density at radius 1 is 1.22 bits per heavy atom. The first-order valence-corrected chi connectivity index (χ1v) is 9.51. The number of aliphatic hydroxyl groups excluding tert-OH is 2. The van der Waals surface area contributed by atoms with Gasteiger partial charge < -0.3 is 24.8 Å². The Balaban J connectivity index is 1.83. The molecule has 146 valence electrons. The zero-order chi connectivity index (χ0) is 19.4. The molecule has 0 amide bonds. The van der Waals surface area contributed by atoms with Gasteiger partial charge in [0, 0.05) is 23.4 Å². The third-order valence-electron chi connectivity index (χ3n) is 4.74. The summed E-state index contributed by atoms with van der Waals surface area (Å²) in [6, 6.07) is 13.0. The Kier molecular flexibility index (Phi) is 6.40. The fourth-order valence-electron chi connectivity index (χ4n) is 3.42. The van der Waals surface area contributed by atoms with Crippen LogP contribution in [0.5, 0.6) is 5.75 Å². The van der Waals surface area contributed by atoms with Gasteiger partial charge in [-0.15, -0.1) is 0 Å². The average molecular weight is 393 g/mol. The van der Waals surface area contributed by atoms with Gasteiger partial charge in [-0.2, -0.15) is 0 Å². The van der Waals surface area contributed by atoms with Gasteiger partial charge in [0.15, 0.2) is 5.79 Å². The molecule has 1 heterocycles. The summed E-state index contributed by atoms with van der Waals surface area (Å²) in [4.78, 5) is 0. The van der Waals surface area contributed by atoms with Crippen LogP contribution in [0.15, 0.2) is 42.5 Å². The van der Waals surface area contributed by atoms with Crippen LogP contribution in [0.2, 0.25) is 5.02 Å². The second-order valence-corrected chi connectivity index (χ2v) is 7.27. The van der Waals surface area contributed by atoms with Crippen LogP contribution < -0.4 is 4.74 Å². The first kappa shape index (κ1) is 20.1. The lowest BCUT2D eigenvalue weighted by Crippen LogP contribution is -2.45. The molecule has 0 bridgehead atoms. The molecule has 2 aromatic rings. The quantitative estimate of drug-likeness (QED) is 0.704. The number of hydrogen-bond acceptors (Lipinski definition) is 5. The maximum Gasteiger partial charge on any atom is 0.195 e. The van der Waals surface area contributed by atoms with E-state index in [-0.39, 0.29) is 13.0 Å². The van der Waals surface area contributed by atoms with Gasteiger partial charge in [0.05, 0.1) is 25.4 Å². The van der Waals surface area contributed by atoms with E-state index in [0.717, 1.165) is 16.9 Å². The van der Waals surface area contributed by atoms with Crippen LogP contribution in [-0.2, 0) is 16.9 Å². The summed E-state index contributed by atoms with van der Waals surface area (Å²) >= 11 is 6.36. The van der Waals surface area contributed by atoms with Gasteiger partial charge in [0.25, 0.3) is 0 Å². The summed E-state index contributed by atoms with van der Waals surface area (Å²) in [6.45, 7) is 2.30. The molecule has 0 saturated carbocycles. The SMILES string of the molecule is CCOc1ccc(Cc2cc([C@@]3(O)C[C@@H](O)C[C@@H](CO)O3)ccc2Cl)cc1. The largest absolute Gasteiger partial charge is 0.494 e. The minimum Gasteiger partial charge on any atom is -0.494 e. The molecule has 3 atom stereocenters. The van der Waals surface area contributed by atoms with Crippen molar-refractivity contribution in [1.82, 2.24) is 0 Å². The smallest absolute Gasteiger partial charge is 0.195 e. The zero-order valence-corrected chi connectivity index (χ0v) is 16.0. The Bertz CT molecular complexity index is 764. The lowest BCUT2D eigenvalue weighted by Gasteiger charge is -2.39. The van der Waals surface area contributed by atoms with E-state index in [0.29, 0.717) is 30.0 Å². The summed E-state index contributed by atoms with van der Waals surface area (Å²) in [5.74, 6) is -0.835. The van der Waals surface area contributed by atoms with E-state index >= 15 is 0 Å². The van der Waals surface area contributed by atoms with Crippen molar-refractivity contribution in [3.8, 4) is 5.75 Å². The van der Waals surface area contributed by atoms with Crippen LogP contribution in [0.3, 0.4) is 0 Å². The molecule has 1 aliphatic rings. The molecule has 0 aliphatic carbocycles. The van der Waals surface area contributed by atoms with E-state index in [1.54, 1.807) is 18.2 Å². The fourth-order valence-corrected chi connectivity index (χ4v) is 3.60. The molecular formula is C21H25ClO5. The average Bonchev–Trinajstić information content (AvgIpc) is 2.64. The van der Waals surface area contributed by atoms with Crippen molar-refractivity contribution in [2.75, 3.05) is 13.2 Å². The number of halogens is 1. The van der Waals surface area contributed by atoms with Gasteiger partial charge in [0.2, 0.25) is 0 Å². The minimum atomic E-state index is -1.65. The second kappa shape index (κ2) is 8.59. The lowest BCUT2D eigenvalue weighted by atomic mass is 9.91. The van der Waals surface area contributed by atoms with Crippen molar-refractivity contribution in [3.05, 3.63) is 64.2 Å². The molecular weight excluding hydrogens is 368 g/mol. The van der Waals surface area contributed by atoms with Gasteiger partial charge in [0.1, 0.15) is 5.75 Å². The van der Waals surface area contributed by atoms with E-state index in [4.69, 9.17) is 21.1 Å². The molecule has 2 aromatic carbocycles. The molecule has 0 unspecified atom stereocenters. The standard InChI is InChI=1S/C21H25ClO5/c1-2-26-18-6-3-14(4-7-18)9-15-10-16(5-8-20(15)22)21(25)12-17(24)11-19(13-23)27-21/h3-8,10,17,19,23-25H,2,9,11-13H2,1H3/t17-,19-,21+/m0/s1. The molecule has 6 heteroatoms. The van der Waals surface area contributed by atoms with E-state index in [2.05, 4.69) is 0 Å². The second-order valence-electron chi connectivity index (χ2n) is 6.86. The van der Waals surface area contributed by atoms with E-state index < -0.39 is 18.0 Å². The molecule has 0 radical (unpaired) electrons. The Morgan fingerprint density at radius 3 is 2.63 bits per heavy atom. The van der Waals surface area contributed by atoms with Gasteiger partial charge in [-0.1, -0.05) is 29.8 Å². The summed E-state index contributed by atoms with van der Waals surface area (Å²) in [5.41, 5.74) is 2.42. The highest BCUT2D eigenvalue weighted by atomic mass is 35.5. The summed E-state index contributed by atoms with van der Waals surface area (Å²) < 4.78 is 11.1. The maximum absolute atomic E-state index is 10.9. The molecule has 0 aromatic heterocycles. The zero-order valence-electron chi connectivity index (χ0n) is 15.3. The summed E-state index contributed by atoms with van der Waals surface area (Å²) in [7, 11) is 0. The lowest BCUT2D eigenvalue weighted by molar-refractivity contribution is -0.286. The van der Waals surface area contributed by atoms with Gasteiger partial charge in [-0.3, -0.25) is 0 Å². The van der Waals surface area contributed by atoms with Gasteiger partial charge >= 0.3 is 0 Å². The van der Waals surface area contributed by atoms with E-state index in [1.807, 2.05) is 31.2 Å². The third kappa shape index (κ3) is 4.81. The number of ether oxygens (including phenoxy) is 2. The normalized spacial score (nSPS) is 25.4. The highest BCUT2D eigenvalue weighted by molar-refractivity contribution is 6.31. The maximum atomic E-state index is 10.9. The van der Waals surface area contributed by atoms with Crippen molar-refractivity contribution in [2.24, 2.45) is 0 Å². The molecule has 27 heavy (non-hydrogen) atoms. The highest BCUT2D eigenvalue weighted by Crippen LogP contribution is 2.37. The van der Waals surface area contributed by atoms with Crippen LogP contribution in [0.25, 0.3) is 0 Å². The van der Waals surface area contributed by atoms with E-state index in [9.17, 15) is 15.3 Å². The van der Waals surface area contributed by atoms with Crippen LogP contribution in [0.4, 0.5) is 0 Å². The molecule has 0 spiro atoms. The Morgan fingerprint density at radius 2 is 1.96 bits per heavy atom. The van der Waals surface area contributed by atoms with Crippen LogP contribution in [-0.4, -0.2) is 40.7 Å². The first-order valence-electron chi connectivity index (χ1n) is 9.13. The van der Waals surface area contributed by atoms with Crippen molar-refractivity contribution in [3.63, 3.8) is 0 Å². The van der Waals surface area contributed by atoms with Crippen LogP contribution >= 0.6 is 11.6 Å². The first-order chi connectivity index (χ1) is 12.9. The van der Waals surface area contributed by atoms with Crippen molar-refractivity contribution >= 4 is 11.6 Å². The molecule has 3 N–H and O–H groups in total. The minimum absolute atomic E-state index is 0.0492. The van der Waals surface area contributed by atoms with Crippen LogP contribution in [0, 0.1) is 0 Å². The highest BCUT2D eigenvalue weighted by Gasteiger charge is 2.41.